The summed E-state index contributed by atoms with van der Waals surface area (Å²) in [7, 11) is 0. The molecule has 4 rings (SSSR count). The van der Waals surface area contributed by atoms with E-state index in [0.717, 1.165) is 50.2 Å². The molecule has 6 heteroatoms. The molecule has 2 aliphatic heterocycles. The number of carbonyl (C=O) groups excluding carboxylic acids is 2. The zero-order chi connectivity index (χ0) is 21.7. The molecule has 164 valence electrons. The van der Waals surface area contributed by atoms with Crippen molar-refractivity contribution < 1.29 is 9.59 Å². The number of piperidine rings is 1. The minimum atomic E-state index is -0.860. The third-order valence-electron chi connectivity index (χ3n) is 6.67. The summed E-state index contributed by atoms with van der Waals surface area (Å²) < 4.78 is 0. The van der Waals surface area contributed by atoms with Gasteiger partial charge in [0.25, 0.3) is 5.91 Å². The number of carbonyl (C=O) groups is 2. The summed E-state index contributed by atoms with van der Waals surface area (Å²) in [4.78, 5) is 35.0. The van der Waals surface area contributed by atoms with Gasteiger partial charge in [-0.3, -0.25) is 14.7 Å². The first-order chi connectivity index (χ1) is 15.1. The highest BCUT2D eigenvalue weighted by Gasteiger charge is 2.55. The number of hydrogen-bond donors (Lipinski definition) is 1. The quantitative estimate of drug-likeness (QED) is 0.666. The molecule has 2 aromatic rings. The molecular weight excluding hydrogens is 388 g/mol. The van der Waals surface area contributed by atoms with E-state index in [0.29, 0.717) is 19.4 Å². The van der Waals surface area contributed by atoms with Crippen molar-refractivity contribution in [2.45, 2.75) is 44.6 Å². The van der Waals surface area contributed by atoms with E-state index in [9.17, 15) is 9.59 Å². The average molecular weight is 421 g/mol. The molecule has 2 saturated heterocycles. The molecule has 2 fully saturated rings. The number of benzene rings is 1. The Morgan fingerprint density at radius 1 is 1.03 bits per heavy atom. The maximum Gasteiger partial charge on any atom is 0.325 e. The maximum absolute atomic E-state index is 13.8. The van der Waals surface area contributed by atoms with Crippen LogP contribution in [-0.2, 0) is 17.6 Å². The van der Waals surface area contributed by atoms with Crippen LogP contribution in [0.4, 0.5) is 4.79 Å². The lowest BCUT2D eigenvalue weighted by molar-refractivity contribution is -0.134. The van der Waals surface area contributed by atoms with Gasteiger partial charge in [-0.05, 0) is 62.5 Å². The van der Waals surface area contributed by atoms with Gasteiger partial charge in [-0.15, -0.1) is 0 Å². The number of nitrogens with zero attached hydrogens (tertiary/aromatic N) is 3. The molecule has 1 unspecified atom stereocenters. The van der Waals surface area contributed by atoms with Crippen LogP contribution in [0.25, 0.3) is 0 Å². The number of rotatable bonds is 8. The summed E-state index contributed by atoms with van der Waals surface area (Å²) in [5.41, 5.74) is 1.11. The summed E-state index contributed by atoms with van der Waals surface area (Å²) in [6.07, 6.45) is 5.83. The fourth-order valence-electron chi connectivity index (χ4n) is 5.04. The van der Waals surface area contributed by atoms with E-state index in [4.69, 9.17) is 0 Å². The molecule has 0 radical (unpaired) electrons. The van der Waals surface area contributed by atoms with Crippen molar-refractivity contribution >= 4 is 11.9 Å². The molecule has 3 amide bonds. The standard InChI is InChI=1S/C25H32N4O2/c1-2-15-28-16-11-21(12-17-28)25(19-20-8-4-3-5-9-20)23(30)29(24(31)27-25)18-13-22-10-6-7-14-26-22/h3-10,14,21H,2,11-13,15-19H2,1H3,(H,27,31). The number of urea groups is 1. The summed E-state index contributed by atoms with van der Waals surface area (Å²) in [6, 6.07) is 15.5. The fraction of sp³-hybridized carbons (Fsp3) is 0.480. The molecule has 0 bridgehead atoms. The Morgan fingerprint density at radius 2 is 1.77 bits per heavy atom. The van der Waals surface area contributed by atoms with Gasteiger partial charge >= 0.3 is 6.03 Å². The minimum absolute atomic E-state index is 0.0776. The van der Waals surface area contributed by atoms with Gasteiger partial charge in [-0.2, -0.15) is 0 Å². The monoisotopic (exact) mass is 420 g/mol. The molecule has 1 aromatic carbocycles. The molecule has 31 heavy (non-hydrogen) atoms. The van der Waals surface area contributed by atoms with Gasteiger partial charge in [0.05, 0.1) is 0 Å². The number of pyridine rings is 1. The maximum atomic E-state index is 13.8. The smallest absolute Gasteiger partial charge is 0.322 e. The molecule has 0 saturated carbocycles. The Balaban J connectivity index is 1.55. The van der Waals surface area contributed by atoms with E-state index < -0.39 is 5.54 Å². The van der Waals surface area contributed by atoms with Gasteiger partial charge in [0, 0.05) is 31.3 Å². The molecule has 1 atom stereocenters. The second-order valence-corrected chi connectivity index (χ2v) is 8.71. The number of aromatic nitrogens is 1. The highest BCUT2D eigenvalue weighted by Crippen LogP contribution is 2.36. The van der Waals surface area contributed by atoms with Crippen molar-refractivity contribution in [3.8, 4) is 0 Å². The third-order valence-corrected chi connectivity index (χ3v) is 6.67. The number of likely N-dealkylation sites (tertiary alicyclic amines) is 1. The van der Waals surface area contributed by atoms with Crippen LogP contribution in [-0.4, -0.2) is 58.4 Å². The Kier molecular flexibility index (Phi) is 6.66. The molecular formula is C25H32N4O2. The first-order valence-corrected chi connectivity index (χ1v) is 11.4. The minimum Gasteiger partial charge on any atom is -0.322 e. The predicted octanol–water partition coefficient (Wildman–Crippen LogP) is 3.28. The van der Waals surface area contributed by atoms with E-state index in [1.165, 1.54) is 4.90 Å². The Hall–Kier alpha value is -2.73. The van der Waals surface area contributed by atoms with Crippen molar-refractivity contribution in [3.63, 3.8) is 0 Å². The Labute approximate surface area is 184 Å². The summed E-state index contributed by atoms with van der Waals surface area (Å²) in [6.45, 7) is 5.60. The van der Waals surface area contributed by atoms with Gasteiger partial charge in [0.2, 0.25) is 0 Å². The van der Waals surface area contributed by atoms with Crippen molar-refractivity contribution in [1.82, 2.24) is 20.1 Å². The first kappa shape index (κ1) is 21.5. The van der Waals surface area contributed by atoms with Crippen LogP contribution in [0.2, 0.25) is 0 Å². The average Bonchev–Trinajstić information content (AvgIpc) is 3.04. The number of hydrogen-bond acceptors (Lipinski definition) is 4. The Bertz CT molecular complexity index is 881. The van der Waals surface area contributed by atoms with Crippen LogP contribution in [0, 0.1) is 5.92 Å². The SMILES string of the molecule is CCCN1CCC(C2(Cc3ccccc3)NC(=O)N(CCc3ccccn3)C2=O)CC1. The summed E-state index contributed by atoms with van der Waals surface area (Å²) in [5, 5.41) is 3.17. The van der Waals surface area contributed by atoms with E-state index in [2.05, 4.69) is 22.1 Å². The molecule has 1 aromatic heterocycles. The second kappa shape index (κ2) is 9.60. The van der Waals surface area contributed by atoms with Crippen LogP contribution in [0.1, 0.15) is 37.4 Å². The van der Waals surface area contributed by atoms with Crippen LogP contribution in [0.15, 0.2) is 54.7 Å². The topological polar surface area (TPSA) is 65.5 Å². The van der Waals surface area contributed by atoms with Crippen molar-refractivity contribution in [1.29, 1.82) is 0 Å². The van der Waals surface area contributed by atoms with Crippen LogP contribution < -0.4 is 5.32 Å². The zero-order valence-corrected chi connectivity index (χ0v) is 18.3. The number of amides is 3. The fourth-order valence-corrected chi connectivity index (χ4v) is 5.04. The highest BCUT2D eigenvalue weighted by atomic mass is 16.2. The molecule has 2 aliphatic rings. The summed E-state index contributed by atoms with van der Waals surface area (Å²) >= 11 is 0. The molecule has 0 aliphatic carbocycles. The largest absolute Gasteiger partial charge is 0.325 e. The van der Waals surface area contributed by atoms with E-state index in [1.807, 2.05) is 48.5 Å². The lowest BCUT2D eigenvalue weighted by Gasteiger charge is -2.41. The second-order valence-electron chi connectivity index (χ2n) is 8.71. The third kappa shape index (κ3) is 4.64. The van der Waals surface area contributed by atoms with E-state index in [-0.39, 0.29) is 17.9 Å². The van der Waals surface area contributed by atoms with Crippen LogP contribution in [0.3, 0.4) is 0 Å². The highest BCUT2D eigenvalue weighted by molar-refractivity contribution is 6.07. The van der Waals surface area contributed by atoms with Crippen molar-refractivity contribution in [3.05, 3.63) is 66.0 Å². The van der Waals surface area contributed by atoms with Crippen molar-refractivity contribution in [2.24, 2.45) is 5.92 Å². The first-order valence-electron chi connectivity index (χ1n) is 11.4. The van der Waals surface area contributed by atoms with Gasteiger partial charge in [0.15, 0.2) is 0 Å². The Morgan fingerprint density at radius 3 is 2.45 bits per heavy atom. The van der Waals surface area contributed by atoms with Crippen molar-refractivity contribution in [2.75, 3.05) is 26.2 Å². The lowest BCUT2D eigenvalue weighted by atomic mass is 9.74. The van der Waals surface area contributed by atoms with E-state index >= 15 is 0 Å². The predicted molar refractivity (Wildman–Crippen MR) is 121 cm³/mol. The lowest BCUT2D eigenvalue weighted by Crippen LogP contribution is -2.57. The summed E-state index contributed by atoms with van der Waals surface area (Å²) in [5.74, 6) is 0.0586. The van der Waals surface area contributed by atoms with Gasteiger partial charge in [-0.1, -0.05) is 43.3 Å². The molecule has 3 heterocycles. The molecule has 6 nitrogen and oxygen atoms in total. The normalized spacial score (nSPS) is 22.7. The van der Waals surface area contributed by atoms with Gasteiger partial charge in [-0.25, -0.2) is 4.79 Å². The van der Waals surface area contributed by atoms with Crippen LogP contribution in [0.5, 0.6) is 0 Å². The van der Waals surface area contributed by atoms with Crippen LogP contribution >= 0.6 is 0 Å². The number of nitrogens with one attached hydrogen (secondary N) is 1. The molecule has 0 spiro atoms. The van der Waals surface area contributed by atoms with Gasteiger partial charge < -0.3 is 10.2 Å². The zero-order valence-electron chi connectivity index (χ0n) is 18.3. The molecule has 1 N–H and O–H groups in total. The van der Waals surface area contributed by atoms with E-state index in [1.54, 1.807) is 6.20 Å². The number of imide groups is 1. The van der Waals surface area contributed by atoms with Gasteiger partial charge in [0.1, 0.15) is 5.54 Å².